The molecule has 6 rings (SSSR count). The fourth-order valence-electron chi connectivity index (χ4n) is 6.41. The van der Waals surface area contributed by atoms with Crippen molar-refractivity contribution >= 4 is 33.6 Å². The van der Waals surface area contributed by atoms with Crippen molar-refractivity contribution in [3.63, 3.8) is 0 Å². The van der Waals surface area contributed by atoms with E-state index in [2.05, 4.69) is 37.6 Å². The van der Waals surface area contributed by atoms with Gasteiger partial charge in [0.05, 0.1) is 17.6 Å². The summed E-state index contributed by atoms with van der Waals surface area (Å²) in [6.07, 6.45) is 8.73. The standard InChI is InChI=1S/C35H34N6O2/c1-23-10-4-5-11-26(23)20-39-34(43)35(40-24(2)42,41-16-8-3-9-17-41)33(29-21-37-31-13-7-6-12-27(29)31)30-22-38-32-15-14-25(19-36)18-28(30)32/h3-8,10-15,18,21-22,33,37-38H,9,16-17,20H2,1-2H3,(H,39,43)(H,40,42). The van der Waals surface area contributed by atoms with Crippen LogP contribution in [0, 0.1) is 18.3 Å². The van der Waals surface area contributed by atoms with Crippen LogP contribution in [0.25, 0.3) is 21.8 Å². The second kappa shape index (κ2) is 11.6. The Hall–Kier alpha value is -5.13. The molecule has 8 heteroatoms. The topological polar surface area (TPSA) is 117 Å². The van der Waals surface area contributed by atoms with Gasteiger partial charge < -0.3 is 20.6 Å². The van der Waals surface area contributed by atoms with Crippen LogP contribution in [0.3, 0.4) is 0 Å². The summed E-state index contributed by atoms with van der Waals surface area (Å²) in [6, 6.07) is 23.7. The van der Waals surface area contributed by atoms with Gasteiger partial charge in [-0.2, -0.15) is 5.26 Å². The number of benzene rings is 3. The smallest absolute Gasteiger partial charge is 0.262 e. The van der Waals surface area contributed by atoms with Gasteiger partial charge in [-0.15, -0.1) is 0 Å². The molecule has 0 saturated heterocycles. The van der Waals surface area contributed by atoms with Crippen LogP contribution in [0.15, 0.2) is 91.3 Å². The summed E-state index contributed by atoms with van der Waals surface area (Å²) in [5, 5.41) is 17.9. The van der Waals surface area contributed by atoms with Crippen LogP contribution in [0.4, 0.5) is 0 Å². The number of carbonyl (C=O) groups is 2. The van der Waals surface area contributed by atoms with Gasteiger partial charge in [-0.1, -0.05) is 54.6 Å². The molecule has 2 aromatic heterocycles. The predicted octanol–water partition coefficient (Wildman–Crippen LogP) is 5.37. The van der Waals surface area contributed by atoms with Crippen LogP contribution >= 0.6 is 0 Å². The molecule has 0 fully saturated rings. The normalized spacial score (nSPS) is 15.6. The van der Waals surface area contributed by atoms with Crippen molar-refractivity contribution in [3.8, 4) is 6.07 Å². The molecule has 0 spiro atoms. The summed E-state index contributed by atoms with van der Waals surface area (Å²) in [6.45, 7) is 4.83. The molecule has 2 atom stereocenters. The second-order valence-corrected chi connectivity index (χ2v) is 11.1. The first-order valence-electron chi connectivity index (χ1n) is 14.5. The van der Waals surface area contributed by atoms with E-state index in [9.17, 15) is 14.9 Å². The largest absolute Gasteiger partial charge is 0.361 e. The summed E-state index contributed by atoms with van der Waals surface area (Å²) in [5.74, 6) is -1.27. The van der Waals surface area contributed by atoms with E-state index in [1.165, 1.54) is 6.92 Å². The van der Waals surface area contributed by atoms with Gasteiger partial charge in [0.1, 0.15) is 0 Å². The van der Waals surface area contributed by atoms with Crippen molar-refractivity contribution in [1.29, 1.82) is 5.26 Å². The van der Waals surface area contributed by atoms with E-state index in [1.807, 2.05) is 86.1 Å². The van der Waals surface area contributed by atoms with E-state index in [0.717, 1.165) is 50.5 Å². The van der Waals surface area contributed by atoms with E-state index in [4.69, 9.17) is 0 Å². The van der Waals surface area contributed by atoms with Crippen molar-refractivity contribution < 1.29 is 9.59 Å². The number of hydrogen-bond acceptors (Lipinski definition) is 4. The Kier molecular flexibility index (Phi) is 7.58. The molecule has 2 amide bonds. The van der Waals surface area contributed by atoms with E-state index >= 15 is 0 Å². The maximum Gasteiger partial charge on any atom is 0.262 e. The number of amides is 2. The molecule has 3 heterocycles. The van der Waals surface area contributed by atoms with Gasteiger partial charge in [0, 0.05) is 60.8 Å². The fourth-order valence-corrected chi connectivity index (χ4v) is 6.41. The van der Waals surface area contributed by atoms with Gasteiger partial charge in [0.15, 0.2) is 5.66 Å². The number of para-hydroxylation sites is 1. The number of aromatic nitrogens is 2. The molecule has 1 aliphatic rings. The zero-order valence-corrected chi connectivity index (χ0v) is 24.3. The number of rotatable bonds is 8. The molecule has 43 heavy (non-hydrogen) atoms. The average molecular weight is 571 g/mol. The highest BCUT2D eigenvalue weighted by Crippen LogP contribution is 2.44. The van der Waals surface area contributed by atoms with E-state index in [-0.39, 0.29) is 11.8 Å². The minimum absolute atomic E-state index is 0.303. The molecule has 2 unspecified atom stereocenters. The highest BCUT2D eigenvalue weighted by Gasteiger charge is 2.53. The molecule has 216 valence electrons. The summed E-state index contributed by atoms with van der Waals surface area (Å²) in [4.78, 5) is 37.0. The minimum atomic E-state index is -1.51. The third-order valence-corrected chi connectivity index (χ3v) is 8.47. The summed E-state index contributed by atoms with van der Waals surface area (Å²) >= 11 is 0. The predicted molar refractivity (Wildman–Crippen MR) is 168 cm³/mol. The zero-order valence-electron chi connectivity index (χ0n) is 24.3. The van der Waals surface area contributed by atoms with Gasteiger partial charge in [0.25, 0.3) is 5.91 Å². The van der Waals surface area contributed by atoms with Crippen LogP contribution in [0.5, 0.6) is 0 Å². The molecular weight excluding hydrogens is 536 g/mol. The van der Waals surface area contributed by atoms with Gasteiger partial charge in [-0.05, 0) is 59.9 Å². The van der Waals surface area contributed by atoms with Crippen LogP contribution in [0.2, 0.25) is 0 Å². The lowest BCUT2D eigenvalue weighted by molar-refractivity contribution is -0.143. The summed E-state index contributed by atoms with van der Waals surface area (Å²) in [7, 11) is 0. The number of aryl methyl sites for hydroxylation is 1. The molecule has 5 aromatic rings. The van der Waals surface area contributed by atoms with Crippen LogP contribution in [0.1, 0.15) is 47.1 Å². The minimum Gasteiger partial charge on any atom is -0.361 e. The Morgan fingerprint density at radius 1 is 0.977 bits per heavy atom. The number of fused-ring (bicyclic) bond motifs is 2. The van der Waals surface area contributed by atoms with Crippen molar-refractivity contribution in [3.05, 3.63) is 119 Å². The number of aromatic amines is 2. The maximum atomic E-state index is 14.9. The van der Waals surface area contributed by atoms with Crippen molar-refractivity contribution in [2.24, 2.45) is 0 Å². The SMILES string of the molecule is CC(=O)NC(C(=O)NCc1ccccc1C)(C(c1c[nH]c2ccccc12)c1c[nH]c2ccc(C#N)cc12)N1CC=CCC1. The molecular formula is C35H34N6O2. The lowest BCUT2D eigenvalue weighted by Gasteiger charge is -2.48. The Bertz CT molecular complexity index is 1890. The molecule has 0 saturated carbocycles. The Labute approximate surface area is 250 Å². The lowest BCUT2D eigenvalue weighted by Crippen LogP contribution is -2.71. The fraction of sp³-hybridized carbons (Fsp3) is 0.229. The van der Waals surface area contributed by atoms with Gasteiger partial charge >= 0.3 is 0 Å². The lowest BCUT2D eigenvalue weighted by atomic mass is 9.77. The van der Waals surface area contributed by atoms with Crippen molar-refractivity contribution in [1.82, 2.24) is 25.5 Å². The molecule has 3 aromatic carbocycles. The van der Waals surface area contributed by atoms with Crippen LogP contribution < -0.4 is 10.6 Å². The number of nitriles is 1. The van der Waals surface area contributed by atoms with Crippen molar-refractivity contribution in [2.75, 3.05) is 13.1 Å². The number of nitrogens with zero attached hydrogens (tertiary/aromatic N) is 2. The first-order chi connectivity index (χ1) is 20.9. The summed E-state index contributed by atoms with van der Waals surface area (Å²) < 4.78 is 0. The molecule has 8 nitrogen and oxygen atoms in total. The average Bonchev–Trinajstić information content (AvgIpc) is 3.65. The number of hydrogen-bond donors (Lipinski definition) is 4. The summed E-state index contributed by atoms with van der Waals surface area (Å²) in [5.41, 5.74) is 4.52. The highest BCUT2D eigenvalue weighted by molar-refractivity contribution is 5.96. The number of carbonyl (C=O) groups excluding carboxylic acids is 2. The molecule has 4 N–H and O–H groups in total. The first-order valence-corrected chi connectivity index (χ1v) is 14.5. The first kappa shape index (κ1) is 28.0. The van der Waals surface area contributed by atoms with Crippen LogP contribution in [-0.4, -0.2) is 45.4 Å². The zero-order chi connectivity index (χ0) is 30.0. The van der Waals surface area contributed by atoms with Crippen molar-refractivity contribution in [2.45, 2.75) is 38.4 Å². The molecule has 0 radical (unpaired) electrons. The van der Waals surface area contributed by atoms with Gasteiger partial charge in [-0.25, -0.2) is 0 Å². The van der Waals surface area contributed by atoms with E-state index < -0.39 is 11.6 Å². The Balaban J connectivity index is 1.62. The van der Waals surface area contributed by atoms with Gasteiger partial charge in [-0.3, -0.25) is 14.5 Å². The molecule has 0 bridgehead atoms. The second-order valence-electron chi connectivity index (χ2n) is 11.1. The number of H-pyrrole nitrogens is 2. The van der Waals surface area contributed by atoms with E-state index in [1.54, 1.807) is 6.07 Å². The third-order valence-electron chi connectivity index (χ3n) is 8.47. The Morgan fingerprint density at radius 2 is 1.70 bits per heavy atom. The van der Waals surface area contributed by atoms with E-state index in [0.29, 0.717) is 25.2 Å². The monoisotopic (exact) mass is 570 g/mol. The quantitative estimate of drug-likeness (QED) is 0.188. The number of nitrogens with one attached hydrogen (secondary N) is 4. The third kappa shape index (κ3) is 5.09. The molecule has 0 aliphatic carbocycles. The maximum absolute atomic E-state index is 14.9. The Morgan fingerprint density at radius 3 is 2.42 bits per heavy atom. The molecule has 1 aliphatic heterocycles. The van der Waals surface area contributed by atoms with Crippen LogP contribution in [-0.2, 0) is 16.1 Å². The van der Waals surface area contributed by atoms with Gasteiger partial charge in [0.2, 0.25) is 5.91 Å². The highest BCUT2D eigenvalue weighted by atomic mass is 16.2.